The number of aryl methyl sites for hydroxylation is 1. The zero-order chi connectivity index (χ0) is 13.9. The molecular formula is C14H17FN2O2. The summed E-state index contributed by atoms with van der Waals surface area (Å²) in [5.41, 5.74) is 0.470. The van der Waals surface area contributed by atoms with Gasteiger partial charge in [-0.2, -0.15) is 4.98 Å². The van der Waals surface area contributed by atoms with Gasteiger partial charge < -0.3 is 9.63 Å². The molecule has 0 bridgehead atoms. The Hall–Kier alpha value is -1.75. The summed E-state index contributed by atoms with van der Waals surface area (Å²) in [7, 11) is 0. The van der Waals surface area contributed by atoms with E-state index in [1.165, 1.54) is 12.1 Å². The van der Waals surface area contributed by atoms with E-state index in [1.807, 2.05) is 13.8 Å². The molecule has 2 aromatic rings. The fourth-order valence-electron chi connectivity index (χ4n) is 1.84. The molecule has 0 amide bonds. The van der Waals surface area contributed by atoms with Crippen molar-refractivity contribution in [1.82, 2.24) is 10.1 Å². The van der Waals surface area contributed by atoms with Crippen LogP contribution < -0.4 is 0 Å². The maximum Gasteiger partial charge on any atom is 0.226 e. The number of benzene rings is 1. The zero-order valence-electron chi connectivity index (χ0n) is 11.1. The van der Waals surface area contributed by atoms with Gasteiger partial charge in [-0.3, -0.25) is 0 Å². The van der Waals surface area contributed by atoms with Crippen LogP contribution >= 0.6 is 0 Å². The third kappa shape index (κ3) is 2.98. The topological polar surface area (TPSA) is 59.2 Å². The van der Waals surface area contributed by atoms with Gasteiger partial charge in [0.2, 0.25) is 5.89 Å². The van der Waals surface area contributed by atoms with E-state index in [0.717, 1.165) is 5.56 Å². The highest BCUT2D eigenvalue weighted by atomic mass is 19.1. The van der Waals surface area contributed by atoms with Gasteiger partial charge in [0.15, 0.2) is 5.82 Å². The monoisotopic (exact) mass is 264 g/mol. The third-order valence-corrected chi connectivity index (χ3v) is 3.14. The zero-order valence-corrected chi connectivity index (χ0v) is 11.1. The van der Waals surface area contributed by atoms with E-state index in [4.69, 9.17) is 9.63 Å². The summed E-state index contributed by atoms with van der Waals surface area (Å²) in [6.45, 7) is 4.01. The third-order valence-electron chi connectivity index (χ3n) is 3.14. The van der Waals surface area contributed by atoms with E-state index in [2.05, 4.69) is 10.1 Å². The summed E-state index contributed by atoms with van der Waals surface area (Å²) in [6.07, 6.45) is 1.15. The summed E-state index contributed by atoms with van der Waals surface area (Å²) >= 11 is 0. The quantitative estimate of drug-likeness (QED) is 0.901. The van der Waals surface area contributed by atoms with Gasteiger partial charge in [0.05, 0.1) is 5.41 Å². The summed E-state index contributed by atoms with van der Waals surface area (Å²) in [5, 5.41) is 12.8. The average Bonchev–Trinajstić information content (AvgIpc) is 2.86. The lowest BCUT2D eigenvalue weighted by Crippen LogP contribution is -2.20. The van der Waals surface area contributed by atoms with E-state index in [-0.39, 0.29) is 12.4 Å². The van der Waals surface area contributed by atoms with Crippen LogP contribution in [0.2, 0.25) is 0 Å². The molecule has 4 nitrogen and oxygen atoms in total. The maximum atomic E-state index is 12.9. The highest BCUT2D eigenvalue weighted by Gasteiger charge is 2.28. The van der Waals surface area contributed by atoms with Crippen LogP contribution in [0.4, 0.5) is 4.39 Å². The Bertz CT molecular complexity index is 535. The lowest BCUT2D eigenvalue weighted by atomic mass is 9.84. The van der Waals surface area contributed by atoms with Crippen molar-refractivity contribution in [3.63, 3.8) is 0 Å². The number of rotatable bonds is 5. The molecule has 0 aliphatic heterocycles. The average molecular weight is 264 g/mol. The van der Waals surface area contributed by atoms with E-state index in [0.29, 0.717) is 24.6 Å². The molecule has 0 spiro atoms. The highest BCUT2D eigenvalue weighted by molar-refractivity contribution is 5.30. The summed E-state index contributed by atoms with van der Waals surface area (Å²) in [4.78, 5) is 4.34. The van der Waals surface area contributed by atoms with E-state index in [1.54, 1.807) is 12.1 Å². The second kappa shape index (κ2) is 5.48. The standard InChI is InChI=1S/C14H17FN2O2/c1-14(2,10-5-7-11(15)8-6-10)13-16-12(19-17-13)4-3-9-18/h5-8,18H,3-4,9H2,1-2H3. The molecule has 1 N–H and O–H groups in total. The van der Waals surface area contributed by atoms with Crippen LogP contribution in [0.3, 0.4) is 0 Å². The molecule has 0 aliphatic carbocycles. The number of aliphatic hydroxyl groups is 1. The molecule has 0 radical (unpaired) electrons. The van der Waals surface area contributed by atoms with Crippen LogP contribution in [0.5, 0.6) is 0 Å². The predicted molar refractivity (Wildman–Crippen MR) is 68.2 cm³/mol. The fourth-order valence-corrected chi connectivity index (χ4v) is 1.84. The van der Waals surface area contributed by atoms with Crippen molar-refractivity contribution in [3.05, 3.63) is 47.4 Å². The minimum absolute atomic E-state index is 0.0963. The first-order chi connectivity index (χ1) is 9.04. The van der Waals surface area contributed by atoms with Gasteiger partial charge in [-0.1, -0.05) is 17.3 Å². The number of aliphatic hydroxyl groups excluding tert-OH is 1. The van der Waals surface area contributed by atoms with Crippen LogP contribution in [0.1, 0.15) is 37.5 Å². The molecule has 0 saturated heterocycles. The Morgan fingerprint density at radius 1 is 1.26 bits per heavy atom. The van der Waals surface area contributed by atoms with Crippen LogP contribution in [0.15, 0.2) is 28.8 Å². The summed E-state index contributed by atoms with van der Waals surface area (Å²) < 4.78 is 18.1. The molecule has 0 saturated carbocycles. The molecule has 102 valence electrons. The van der Waals surface area contributed by atoms with Crippen LogP contribution in [-0.4, -0.2) is 21.9 Å². The first-order valence-electron chi connectivity index (χ1n) is 6.24. The van der Waals surface area contributed by atoms with E-state index >= 15 is 0 Å². The molecule has 1 heterocycles. The number of halogens is 1. The lowest BCUT2D eigenvalue weighted by Gasteiger charge is -2.20. The maximum absolute atomic E-state index is 12.9. The molecule has 1 aromatic heterocycles. The second-order valence-electron chi connectivity index (χ2n) is 4.97. The van der Waals surface area contributed by atoms with E-state index < -0.39 is 5.41 Å². The van der Waals surface area contributed by atoms with Crippen molar-refractivity contribution in [2.75, 3.05) is 6.61 Å². The van der Waals surface area contributed by atoms with Crippen molar-refractivity contribution in [2.24, 2.45) is 0 Å². The first kappa shape index (κ1) is 13.7. The molecule has 0 atom stereocenters. The normalized spacial score (nSPS) is 11.8. The summed E-state index contributed by atoms with van der Waals surface area (Å²) in [6, 6.07) is 6.28. The molecule has 19 heavy (non-hydrogen) atoms. The van der Waals surface area contributed by atoms with Gasteiger partial charge in [-0.05, 0) is 38.0 Å². The second-order valence-corrected chi connectivity index (χ2v) is 4.97. The fraction of sp³-hybridized carbons (Fsp3) is 0.429. The number of hydrogen-bond donors (Lipinski definition) is 1. The lowest BCUT2D eigenvalue weighted by molar-refractivity contribution is 0.278. The van der Waals surface area contributed by atoms with Crippen LogP contribution in [0.25, 0.3) is 0 Å². The Morgan fingerprint density at radius 2 is 1.95 bits per heavy atom. The molecule has 5 heteroatoms. The van der Waals surface area contributed by atoms with Crippen LogP contribution in [-0.2, 0) is 11.8 Å². The van der Waals surface area contributed by atoms with Gasteiger partial charge in [0.1, 0.15) is 5.82 Å². The SMILES string of the molecule is CC(C)(c1ccc(F)cc1)c1noc(CCCO)n1. The molecule has 1 aromatic carbocycles. The molecule has 0 unspecified atom stereocenters. The Kier molecular flexibility index (Phi) is 3.95. The Morgan fingerprint density at radius 3 is 2.58 bits per heavy atom. The van der Waals surface area contributed by atoms with Gasteiger partial charge in [0, 0.05) is 13.0 Å². The van der Waals surface area contributed by atoms with Gasteiger partial charge in [0.25, 0.3) is 0 Å². The van der Waals surface area contributed by atoms with Crippen molar-refractivity contribution in [1.29, 1.82) is 0 Å². The van der Waals surface area contributed by atoms with Crippen LogP contribution in [0, 0.1) is 5.82 Å². The minimum Gasteiger partial charge on any atom is -0.396 e. The number of aromatic nitrogens is 2. The Labute approximate surface area is 111 Å². The van der Waals surface area contributed by atoms with Crippen molar-refractivity contribution in [3.8, 4) is 0 Å². The molecule has 0 fully saturated rings. The summed E-state index contributed by atoms with van der Waals surface area (Å²) in [5.74, 6) is 0.808. The minimum atomic E-state index is -0.450. The van der Waals surface area contributed by atoms with Gasteiger partial charge in [-0.15, -0.1) is 0 Å². The molecule has 2 rings (SSSR count). The van der Waals surface area contributed by atoms with E-state index in [9.17, 15) is 4.39 Å². The van der Waals surface area contributed by atoms with Gasteiger partial charge in [-0.25, -0.2) is 4.39 Å². The van der Waals surface area contributed by atoms with Crippen molar-refractivity contribution in [2.45, 2.75) is 32.1 Å². The van der Waals surface area contributed by atoms with Crippen molar-refractivity contribution < 1.29 is 14.0 Å². The largest absolute Gasteiger partial charge is 0.396 e. The Balaban J connectivity index is 2.23. The number of hydrogen-bond acceptors (Lipinski definition) is 4. The first-order valence-corrected chi connectivity index (χ1v) is 6.24. The highest BCUT2D eigenvalue weighted by Crippen LogP contribution is 2.29. The molecule has 0 aliphatic rings. The number of nitrogens with zero attached hydrogens (tertiary/aromatic N) is 2. The molecular weight excluding hydrogens is 247 g/mol. The smallest absolute Gasteiger partial charge is 0.226 e. The van der Waals surface area contributed by atoms with Crippen molar-refractivity contribution >= 4 is 0 Å². The predicted octanol–water partition coefficient (Wildman–Crippen LogP) is 2.46. The van der Waals surface area contributed by atoms with Gasteiger partial charge >= 0.3 is 0 Å².